The number of imidazole rings is 2. The number of rotatable bonds is 2. The minimum atomic E-state index is -5.09. The zero-order valence-corrected chi connectivity index (χ0v) is 24.2. The van der Waals surface area contributed by atoms with Gasteiger partial charge in [0.15, 0.2) is 47.7 Å². The van der Waals surface area contributed by atoms with Gasteiger partial charge in [0, 0.05) is 0 Å². The molecule has 0 aliphatic carbocycles. The molecule has 10 atom stereocenters. The van der Waals surface area contributed by atoms with Crippen molar-refractivity contribution in [2.75, 3.05) is 24.7 Å². The lowest BCUT2D eigenvalue weighted by molar-refractivity contribution is -0.0613. The molecule has 3 fully saturated rings. The lowest BCUT2D eigenvalue weighted by Crippen LogP contribution is -2.34. The van der Waals surface area contributed by atoms with Gasteiger partial charge in [-0.1, -0.05) is 0 Å². The van der Waals surface area contributed by atoms with Crippen molar-refractivity contribution in [3.05, 3.63) is 25.3 Å². The Balaban J connectivity index is 1.20. The van der Waals surface area contributed by atoms with Crippen LogP contribution in [0, 0.1) is 0 Å². The zero-order valence-electron chi connectivity index (χ0n) is 22.4. The topological polar surface area (TPSA) is 249 Å². The highest BCUT2D eigenvalue weighted by atomic mass is 31.2. The van der Waals surface area contributed by atoms with E-state index in [0.717, 1.165) is 20.2 Å². The van der Waals surface area contributed by atoms with Crippen molar-refractivity contribution in [3.8, 4) is 0 Å². The van der Waals surface area contributed by atoms with Crippen LogP contribution in [0.4, 0.5) is 20.4 Å². The van der Waals surface area contributed by atoms with E-state index in [2.05, 4.69) is 29.9 Å². The van der Waals surface area contributed by atoms with E-state index in [0.29, 0.717) is 0 Å². The van der Waals surface area contributed by atoms with Crippen LogP contribution in [-0.2, 0) is 36.7 Å². The molecule has 0 aromatic carbocycles. The SMILES string of the molecule is BP1(=O)OC[C@H]2O[C@@H](n3cnc4c(N)ncnc43)[C@H](F)[C@@H]2OP(=O)(O)OC[C@H]2O[C@@H](n3cnc4c(N)ncnc43)[C@H](O1)[C@H]2F. The normalized spacial score (nSPS) is 38.2. The first kappa shape index (κ1) is 29.5. The number of nitrogen functional groups attached to an aromatic ring is 2. The Bertz CT molecular complexity index is 1840. The predicted molar refractivity (Wildman–Crippen MR) is 145 cm³/mol. The van der Waals surface area contributed by atoms with E-state index in [1.807, 2.05) is 0 Å². The molecule has 5 N–H and O–H groups in total. The molecule has 4 aromatic rings. The molecule has 2 unspecified atom stereocenters. The van der Waals surface area contributed by atoms with E-state index >= 15 is 8.78 Å². The van der Waals surface area contributed by atoms with Crippen molar-refractivity contribution in [1.29, 1.82) is 0 Å². The minimum absolute atomic E-state index is 0.0301. The molecular formula is C20H23BF2N10O9P2. The number of halogens is 2. The fourth-order valence-corrected chi connectivity index (χ4v) is 7.37. The summed E-state index contributed by atoms with van der Waals surface area (Å²) in [6.07, 6.45) is -8.68. The number of alkyl halides is 2. The number of hydrogen-bond acceptors (Lipinski definition) is 16. The largest absolute Gasteiger partial charge is 0.472 e. The van der Waals surface area contributed by atoms with Crippen molar-refractivity contribution in [1.82, 2.24) is 39.0 Å². The summed E-state index contributed by atoms with van der Waals surface area (Å²) in [5.41, 5.74) is 12.3. The Morgan fingerprint density at radius 3 is 2.00 bits per heavy atom. The second-order valence-corrected chi connectivity index (χ2v) is 13.6. The lowest BCUT2D eigenvalue weighted by atomic mass is 10.1. The lowest BCUT2D eigenvalue weighted by Gasteiger charge is -2.26. The first-order chi connectivity index (χ1) is 20.9. The molecule has 0 amide bonds. The summed E-state index contributed by atoms with van der Waals surface area (Å²) in [6.45, 7) is -1.51. The van der Waals surface area contributed by atoms with Gasteiger partial charge in [-0.2, -0.15) is 0 Å². The molecule has 0 saturated carbocycles. The van der Waals surface area contributed by atoms with E-state index in [4.69, 9.17) is 39.0 Å². The maximum Gasteiger partial charge on any atom is 0.472 e. The molecule has 2 bridgehead atoms. The first-order valence-electron chi connectivity index (χ1n) is 12.9. The van der Waals surface area contributed by atoms with Gasteiger partial charge in [-0.15, -0.1) is 0 Å². The molecule has 7 rings (SSSR count). The van der Waals surface area contributed by atoms with Gasteiger partial charge >= 0.3 is 7.82 Å². The van der Waals surface area contributed by atoms with Crippen LogP contribution in [0.1, 0.15) is 12.5 Å². The van der Waals surface area contributed by atoms with E-state index in [1.165, 1.54) is 21.8 Å². The maximum absolute atomic E-state index is 15.9. The van der Waals surface area contributed by atoms with E-state index in [-0.39, 0.29) is 34.0 Å². The van der Waals surface area contributed by atoms with E-state index in [9.17, 15) is 14.0 Å². The minimum Gasteiger partial charge on any atom is -0.382 e. The van der Waals surface area contributed by atoms with Gasteiger partial charge < -0.3 is 34.9 Å². The molecule has 7 heterocycles. The highest BCUT2D eigenvalue weighted by Gasteiger charge is 2.54. The Labute approximate surface area is 245 Å². The van der Waals surface area contributed by atoms with Crippen LogP contribution in [0.25, 0.3) is 22.3 Å². The number of phosphoric ester groups is 1. The van der Waals surface area contributed by atoms with Gasteiger partial charge in [0.25, 0.3) is 15.0 Å². The highest BCUT2D eigenvalue weighted by molar-refractivity contribution is 7.79. The van der Waals surface area contributed by atoms with Crippen molar-refractivity contribution in [3.63, 3.8) is 0 Å². The molecule has 234 valence electrons. The number of anilines is 2. The Hall–Kier alpha value is -3.20. The molecule has 4 aromatic heterocycles. The van der Waals surface area contributed by atoms with Gasteiger partial charge in [0.1, 0.15) is 48.1 Å². The third-order valence-corrected chi connectivity index (χ3v) is 9.53. The van der Waals surface area contributed by atoms with Gasteiger partial charge in [-0.05, 0) is 0 Å². The monoisotopic (exact) mass is 658 g/mol. The van der Waals surface area contributed by atoms with Gasteiger partial charge in [-0.25, -0.2) is 43.2 Å². The summed E-state index contributed by atoms with van der Waals surface area (Å²) in [6, 6.07) is 0. The van der Waals surface area contributed by atoms with Crippen LogP contribution in [0.5, 0.6) is 0 Å². The summed E-state index contributed by atoms with van der Waals surface area (Å²) in [4.78, 5) is 34.6. The average Bonchev–Trinajstić information content (AvgIpc) is 3.73. The maximum atomic E-state index is 15.9. The Morgan fingerprint density at radius 1 is 0.795 bits per heavy atom. The van der Waals surface area contributed by atoms with Crippen molar-refractivity contribution in [2.45, 2.75) is 49.2 Å². The molecule has 24 heteroatoms. The summed E-state index contributed by atoms with van der Waals surface area (Å²) >= 11 is 0. The quantitative estimate of drug-likeness (QED) is 0.189. The molecule has 19 nitrogen and oxygen atoms in total. The van der Waals surface area contributed by atoms with E-state index < -0.39 is 77.7 Å². The molecule has 3 saturated heterocycles. The smallest absolute Gasteiger partial charge is 0.382 e. The Morgan fingerprint density at radius 2 is 1.36 bits per heavy atom. The number of hydrogen-bond donors (Lipinski definition) is 3. The summed E-state index contributed by atoms with van der Waals surface area (Å²) in [7, 11) is -8.19. The summed E-state index contributed by atoms with van der Waals surface area (Å²) in [5, 5.41) is 0. The fourth-order valence-electron chi connectivity index (χ4n) is 5.27. The zero-order chi connectivity index (χ0) is 31.0. The van der Waals surface area contributed by atoms with Gasteiger partial charge in [0.2, 0.25) is 0 Å². The molecule has 0 radical (unpaired) electrons. The van der Waals surface area contributed by atoms with Gasteiger partial charge in [0.05, 0.1) is 25.9 Å². The van der Waals surface area contributed by atoms with Crippen molar-refractivity contribution < 1.29 is 50.4 Å². The van der Waals surface area contributed by atoms with Gasteiger partial charge in [-0.3, -0.25) is 22.7 Å². The standard InChI is InChI=1S/C20H23BF2N10O9P2/c21-43(34)37-2-8-13(10(23)19(40-8)32-5-30-11-15(24)26-3-28-17(11)32)42-44(35,36)38-1-7-9(22)14(41-43)20(39-7)33-6-31-12-16(25)27-4-29-18(12)33/h3-10,13-14,19-20H,1-2,21H2,(H,35,36)(H2,24,26,28)(H2,25,27,29)/t7-,8-,9+,10-,13-,14-,19-,20-,43?/m1/s1. The molecule has 44 heavy (non-hydrogen) atoms. The van der Waals surface area contributed by atoms with E-state index in [1.54, 1.807) is 0 Å². The van der Waals surface area contributed by atoms with Crippen LogP contribution in [-0.4, -0.2) is 101 Å². The number of ether oxygens (including phenoxy) is 2. The van der Waals surface area contributed by atoms with Crippen LogP contribution >= 0.6 is 15.3 Å². The second kappa shape index (κ2) is 10.7. The average molecular weight is 658 g/mol. The summed E-state index contributed by atoms with van der Waals surface area (Å²) in [5.74, 6) is 0.0728. The second-order valence-electron chi connectivity index (χ2n) is 10.2. The third-order valence-electron chi connectivity index (χ3n) is 7.30. The summed E-state index contributed by atoms with van der Waals surface area (Å²) < 4.78 is 93.7. The molecule has 3 aliphatic rings. The van der Waals surface area contributed by atoms with Crippen molar-refractivity contribution in [2.24, 2.45) is 0 Å². The van der Waals surface area contributed by atoms with Crippen LogP contribution in [0.3, 0.4) is 0 Å². The number of nitrogens with zero attached hydrogens (tertiary/aromatic N) is 8. The number of fused-ring (bicyclic) bond motifs is 5. The fraction of sp³-hybridized carbons (Fsp3) is 0.500. The van der Waals surface area contributed by atoms with Crippen molar-refractivity contribution >= 4 is 56.8 Å². The number of phosphoric acid groups is 1. The highest BCUT2D eigenvalue weighted by Crippen LogP contribution is 2.54. The van der Waals surface area contributed by atoms with Crippen LogP contribution in [0.15, 0.2) is 25.3 Å². The number of nitrogens with two attached hydrogens (primary N) is 2. The first-order valence-corrected chi connectivity index (χ1v) is 16.4. The van der Waals surface area contributed by atoms with Crippen LogP contribution < -0.4 is 11.5 Å². The number of aromatic nitrogens is 8. The molecular weight excluding hydrogens is 635 g/mol. The molecule has 0 spiro atoms. The predicted octanol–water partition coefficient (Wildman–Crippen LogP) is -0.0396. The van der Waals surface area contributed by atoms with Crippen LogP contribution in [0.2, 0.25) is 0 Å². The Kier molecular flexibility index (Phi) is 7.18. The third kappa shape index (κ3) is 5.05. The molecule has 3 aliphatic heterocycles.